The summed E-state index contributed by atoms with van der Waals surface area (Å²) in [6.45, 7) is 12.4. The lowest BCUT2D eigenvalue weighted by Gasteiger charge is -2.46. The van der Waals surface area contributed by atoms with Gasteiger partial charge < -0.3 is 5.32 Å². The summed E-state index contributed by atoms with van der Waals surface area (Å²) in [5.41, 5.74) is 3.08. The van der Waals surface area contributed by atoms with Crippen LogP contribution in [0.2, 0.25) is 0 Å². The fourth-order valence-electron chi connectivity index (χ4n) is 3.00. The molecule has 2 heteroatoms. The number of rotatable bonds is 4. The zero-order valence-electron chi connectivity index (χ0n) is 12.9. The Hall–Kier alpha value is -0.860. The predicted molar refractivity (Wildman–Crippen MR) is 82.4 cm³/mol. The Morgan fingerprint density at radius 1 is 1.37 bits per heavy atom. The van der Waals surface area contributed by atoms with Crippen LogP contribution in [0.3, 0.4) is 0 Å². The molecule has 1 aromatic rings. The molecule has 0 saturated carbocycles. The Labute approximate surface area is 118 Å². The smallest absolute Gasteiger partial charge is 0.0278 e. The van der Waals surface area contributed by atoms with E-state index in [2.05, 4.69) is 62.2 Å². The lowest BCUT2D eigenvalue weighted by Crippen LogP contribution is -2.62. The van der Waals surface area contributed by atoms with Gasteiger partial charge in [0.1, 0.15) is 0 Å². The molecular weight excluding hydrogens is 232 g/mol. The van der Waals surface area contributed by atoms with E-state index >= 15 is 0 Å². The fraction of sp³-hybridized carbons (Fsp3) is 0.647. The lowest BCUT2D eigenvalue weighted by atomic mass is 9.92. The fourth-order valence-corrected chi connectivity index (χ4v) is 3.00. The molecule has 0 amide bonds. The van der Waals surface area contributed by atoms with Crippen LogP contribution in [0.1, 0.15) is 44.7 Å². The zero-order valence-corrected chi connectivity index (χ0v) is 12.9. The number of nitrogens with one attached hydrogen (secondary N) is 1. The van der Waals surface area contributed by atoms with E-state index < -0.39 is 0 Å². The Balaban J connectivity index is 2.10. The summed E-state index contributed by atoms with van der Waals surface area (Å²) in [6, 6.07) is 9.59. The van der Waals surface area contributed by atoms with Crippen molar-refractivity contribution in [3.8, 4) is 0 Å². The highest BCUT2D eigenvalue weighted by Gasteiger charge is 2.33. The maximum absolute atomic E-state index is 3.73. The maximum Gasteiger partial charge on any atom is 0.0278 e. The summed E-state index contributed by atoms with van der Waals surface area (Å²) in [5, 5.41) is 3.73. The molecule has 1 heterocycles. The summed E-state index contributed by atoms with van der Waals surface area (Å²) < 4.78 is 0. The van der Waals surface area contributed by atoms with Gasteiger partial charge >= 0.3 is 0 Å². The van der Waals surface area contributed by atoms with E-state index in [4.69, 9.17) is 0 Å². The second kappa shape index (κ2) is 6.06. The van der Waals surface area contributed by atoms with Crippen molar-refractivity contribution in [3.05, 3.63) is 35.4 Å². The van der Waals surface area contributed by atoms with Crippen LogP contribution in [0.15, 0.2) is 24.3 Å². The molecule has 1 aromatic carbocycles. The van der Waals surface area contributed by atoms with E-state index in [1.807, 2.05) is 0 Å². The topological polar surface area (TPSA) is 15.3 Å². The van der Waals surface area contributed by atoms with Gasteiger partial charge in [0.05, 0.1) is 0 Å². The minimum Gasteiger partial charge on any atom is -0.309 e. The molecule has 1 N–H and O–H groups in total. The normalized spacial score (nSPS) is 28.5. The number of aryl methyl sites for hydroxylation is 1. The summed E-state index contributed by atoms with van der Waals surface area (Å²) >= 11 is 0. The first-order valence-electron chi connectivity index (χ1n) is 7.61. The number of piperazine rings is 1. The third-order valence-electron chi connectivity index (χ3n) is 4.55. The van der Waals surface area contributed by atoms with E-state index in [0.717, 1.165) is 19.6 Å². The molecule has 0 aromatic heterocycles. The second-order valence-corrected chi connectivity index (χ2v) is 6.25. The van der Waals surface area contributed by atoms with Crippen LogP contribution in [-0.2, 0) is 6.54 Å². The van der Waals surface area contributed by atoms with Crippen molar-refractivity contribution in [2.45, 2.75) is 58.7 Å². The largest absolute Gasteiger partial charge is 0.309 e. The highest BCUT2D eigenvalue weighted by molar-refractivity contribution is 5.22. The Morgan fingerprint density at radius 3 is 2.79 bits per heavy atom. The third-order valence-corrected chi connectivity index (χ3v) is 4.55. The molecule has 19 heavy (non-hydrogen) atoms. The van der Waals surface area contributed by atoms with Crippen LogP contribution in [0.4, 0.5) is 0 Å². The second-order valence-electron chi connectivity index (χ2n) is 6.25. The van der Waals surface area contributed by atoms with E-state index in [-0.39, 0.29) is 5.54 Å². The number of hydrogen-bond acceptors (Lipinski definition) is 2. The molecule has 0 spiro atoms. The molecule has 0 bridgehead atoms. The molecule has 1 fully saturated rings. The SMILES string of the molecule is CCC1CNC(C)(CC)CN1Cc1cccc(C)c1. The Kier molecular flexibility index (Phi) is 4.64. The summed E-state index contributed by atoms with van der Waals surface area (Å²) in [5.74, 6) is 0. The number of nitrogens with zero attached hydrogens (tertiary/aromatic N) is 1. The number of hydrogen-bond donors (Lipinski definition) is 1. The van der Waals surface area contributed by atoms with Crippen molar-refractivity contribution in [1.29, 1.82) is 0 Å². The maximum atomic E-state index is 3.73. The molecular formula is C17H28N2. The minimum atomic E-state index is 0.273. The van der Waals surface area contributed by atoms with Gasteiger partial charge in [0.25, 0.3) is 0 Å². The van der Waals surface area contributed by atoms with Crippen molar-refractivity contribution in [1.82, 2.24) is 10.2 Å². The third kappa shape index (κ3) is 3.58. The van der Waals surface area contributed by atoms with Gasteiger partial charge in [-0.1, -0.05) is 43.7 Å². The molecule has 1 aliphatic rings. The molecule has 2 nitrogen and oxygen atoms in total. The summed E-state index contributed by atoms with van der Waals surface area (Å²) in [4.78, 5) is 2.66. The average molecular weight is 260 g/mol. The van der Waals surface area contributed by atoms with Crippen LogP contribution in [0.5, 0.6) is 0 Å². The van der Waals surface area contributed by atoms with Gasteiger partial charge in [-0.2, -0.15) is 0 Å². The molecule has 1 aliphatic heterocycles. The Morgan fingerprint density at radius 2 is 2.16 bits per heavy atom. The highest BCUT2D eigenvalue weighted by atomic mass is 15.2. The molecule has 0 radical (unpaired) electrons. The zero-order chi connectivity index (χ0) is 13.9. The minimum absolute atomic E-state index is 0.273. The van der Waals surface area contributed by atoms with Crippen LogP contribution in [-0.4, -0.2) is 29.6 Å². The summed E-state index contributed by atoms with van der Waals surface area (Å²) in [7, 11) is 0. The van der Waals surface area contributed by atoms with Crippen LogP contribution in [0.25, 0.3) is 0 Å². The van der Waals surface area contributed by atoms with Gasteiger partial charge in [0, 0.05) is 31.2 Å². The predicted octanol–water partition coefficient (Wildman–Crippen LogP) is 3.35. The molecule has 106 valence electrons. The lowest BCUT2D eigenvalue weighted by molar-refractivity contribution is 0.0755. The standard InChI is InChI=1S/C17H28N2/c1-5-16-11-18-17(4,6-2)13-19(16)12-15-9-7-8-14(3)10-15/h7-10,16,18H,5-6,11-13H2,1-4H3. The van der Waals surface area contributed by atoms with Crippen molar-refractivity contribution in [2.24, 2.45) is 0 Å². The average Bonchev–Trinajstić information content (AvgIpc) is 2.39. The molecule has 2 unspecified atom stereocenters. The molecule has 2 atom stereocenters. The number of benzene rings is 1. The first-order valence-corrected chi connectivity index (χ1v) is 7.61. The van der Waals surface area contributed by atoms with Gasteiger partial charge in [0.15, 0.2) is 0 Å². The van der Waals surface area contributed by atoms with E-state index in [1.165, 1.54) is 24.0 Å². The molecule has 2 rings (SSSR count). The molecule has 0 aliphatic carbocycles. The van der Waals surface area contributed by atoms with Gasteiger partial charge in [-0.25, -0.2) is 0 Å². The van der Waals surface area contributed by atoms with Crippen molar-refractivity contribution in [2.75, 3.05) is 13.1 Å². The van der Waals surface area contributed by atoms with Gasteiger partial charge in [0.2, 0.25) is 0 Å². The van der Waals surface area contributed by atoms with Crippen molar-refractivity contribution >= 4 is 0 Å². The van der Waals surface area contributed by atoms with Crippen LogP contribution in [0, 0.1) is 6.92 Å². The van der Waals surface area contributed by atoms with E-state index in [0.29, 0.717) is 6.04 Å². The molecule has 1 saturated heterocycles. The first kappa shape index (κ1) is 14.5. The van der Waals surface area contributed by atoms with E-state index in [1.54, 1.807) is 0 Å². The Bertz CT molecular complexity index is 415. The van der Waals surface area contributed by atoms with Crippen LogP contribution < -0.4 is 5.32 Å². The van der Waals surface area contributed by atoms with Crippen molar-refractivity contribution < 1.29 is 0 Å². The van der Waals surface area contributed by atoms with Gasteiger partial charge in [-0.15, -0.1) is 0 Å². The van der Waals surface area contributed by atoms with E-state index in [9.17, 15) is 0 Å². The van der Waals surface area contributed by atoms with Gasteiger partial charge in [-0.05, 0) is 32.3 Å². The van der Waals surface area contributed by atoms with Gasteiger partial charge in [-0.3, -0.25) is 4.90 Å². The highest BCUT2D eigenvalue weighted by Crippen LogP contribution is 2.22. The van der Waals surface area contributed by atoms with Crippen molar-refractivity contribution in [3.63, 3.8) is 0 Å². The van der Waals surface area contributed by atoms with Crippen LogP contribution >= 0.6 is 0 Å². The quantitative estimate of drug-likeness (QED) is 0.893. The monoisotopic (exact) mass is 260 g/mol. The summed E-state index contributed by atoms with van der Waals surface area (Å²) in [6.07, 6.45) is 2.41. The first-order chi connectivity index (χ1) is 9.06.